The van der Waals surface area contributed by atoms with Crippen LogP contribution in [-0.4, -0.2) is 19.3 Å². The molecule has 0 saturated carbocycles. The molecule has 90 valence electrons. The molecule has 3 heteroatoms. The second-order valence-electron chi connectivity index (χ2n) is 4.57. The number of ether oxygens (including phenoxy) is 1. The lowest BCUT2D eigenvalue weighted by atomic mass is 10.1. The lowest BCUT2D eigenvalue weighted by Crippen LogP contribution is -2.33. The Morgan fingerprint density at radius 2 is 2.38 bits per heavy atom. The van der Waals surface area contributed by atoms with E-state index in [2.05, 4.69) is 31.3 Å². The minimum absolute atomic E-state index is 0.428. The normalized spacial score (nSPS) is 23.2. The smallest absolute Gasteiger partial charge is 0.0699 e. The van der Waals surface area contributed by atoms with Crippen LogP contribution in [0.5, 0.6) is 0 Å². The maximum Gasteiger partial charge on any atom is 0.0699 e. The van der Waals surface area contributed by atoms with Gasteiger partial charge in [-0.05, 0) is 45.2 Å². The Labute approximate surface area is 102 Å². The Kier molecular flexibility index (Phi) is 4.38. The van der Waals surface area contributed by atoms with Gasteiger partial charge in [0.2, 0.25) is 0 Å². The third kappa shape index (κ3) is 3.30. The van der Waals surface area contributed by atoms with Crippen molar-refractivity contribution in [3.05, 3.63) is 21.9 Å². The molecule has 0 bridgehead atoms. The third-order valence-electron chi connectivity index (χ3n) is 3.11. The molecule has 2 atom stereocenters. The third-order valence-corrected chi connectivity index (χ3v) is 4.30. The van der Waals surface area contributed by atoms with Gasteiger partial charge in [-0.25, -0.2) is 0 Å². The van der Waals surface area contributed by atoms with Crippen LogP contribution >= 0.6 is 11.3 Å². The minimum Gasteiger partial charge on any atom is -0.377 e. The Bertz CT molecular complexity index is 317. The standard InChI is InChI=1S/C13H21NOS/c1-10-6-7-13(16-10)11(2)14-9-12-5-3-4-8-15-12/h6-7,11-12,14H,3-5,8-9H2,1-2H3. The first-order valence-corrected chi connectivity index (χ1v) is 6.98. The van der Waals surface area contributed by atoms with Crippen LogP contribution in [0.1, 0.15) is 42.0 Å². The molecule has 1 fully saturated rings. The van der Waals surface area contributed by atoms with E-state index in [4.69, 9.17) is 4.74 Å². The maximum absolute atomic E-state index is 5.71. The molecular weight excluding hydrogens is 218 g/mol. The summed E-state index contributed by atoms with van der Waals surface area (Å²) in [4.78, 5) is 2.81. The molecule has 0 amide bonds. The van der Waals surface area contributed by atoms with Crippen LogP contribution in [0.4, 0.5) is 0 Å². The van der Waals surface area contributed by atoms with Crippen LogP contribution in [-0.2, 0) is 4.74 Å². The molecule has 2 heterocycles. The van der Waals surface area contributed by atoms with Crippen molar-refractivity contribution in [1.82, 2.24) is 5.32 Å². The number of rotatable bonds is 4. The zero-order valence-corrected chi connectivity index (χ0v) is 11.0. The molecule has 1 aromatic rings. The first-order valence-electron chi connectivity index (χ1n) is 6.17. The number of aryl methyl sites for hydroxylation is 1. The van der Waals surface area contributed by atoms with E-state index in [1.807, 2.05) is 11.3 Å². The SMILES string of the molecule is Cc1ccc(C(C)NCC2CCCCO2)s1. The van der Waals surface area contributed by atoms with Gasteiger partial charge < -0.3 is 10.1 Å². The summed E-state index contributed by atoms with van der Waals surface area (Å²) in [5.41, 5.74) is 0. The van der Waals surface area contributed by atoms with Crippen molar-refractivity contribution in [2.45, 2.75) is 45.3 Å². The summed E-state index contributed by atoms with van der Waals surface area (Å²) in [6, 6.07) is 4.86. The average molecular weight is 239 g/mol. The number of hydrogen-bond acceptors (Lipinski definition) is 3. The van der Waals surface area contributed by atoms with Gasteiger partial charge in [-0.1, -0.05) is 0 Å². The van der Waals surface area contributed by atoms with E-state index < -0.39 is 0 Å². The summed E-state index contributed by atoms with van der Waals surface area (Å²) >= 11 is 1.88. The summed E-state index contributed by atoms with van der Waals surface area (Å²) in [7, 11) is 0. The molecule has 1 N–H and O–H groups in total. The largest absolute Gasteiger partial charge is 0.377 e. The molecule has 0 spiro atoms. The highest BCUT2D eigenvalue weighted by molar-refractivity contribution is 7.12. The van der Waals surface area contributed by atoms with Gasteiger partial charge in [0.05, 0.1) is 6.10 Å². The Hall–Kier alpha value is -0.380. The Morgan fingerprint density at radius 1 is 1.50 bits per heavy atom. The molecule has 1 aromatic heterocycles. The number of hydrogen-bond donors (Lipinski definition) is 1. The van der Waals surface area contributed by atoms with Crippen LogP contribution in [0.15, 0.2) is 12.1 Å². The molecule has 2 unspecified atom stereocenters. The van der Waals surface area contributed by atoms with E-state index >= 15 is 0 Å². The molecule has 16 heavy (non-hydrogen) atoms. The molecule has 1 saturated heterocycles. The van der Waals surface area contributed by atoms with Crippen molar-refractivity contribution in [2.75, 3.05) is 13.2 Å². The van der Waals surface area contributed by atoms with E-state index in [9.17, 15) is 0 Å². The van der Waals surface area contributed by atoms with Gasteiger partial charge in [0.15, 0.2) is 0 Å². The van der Waals surface area contributed by atoms with Gasteiger partial charge in [-0.2, -0.15) is 0 Å². The summed E-state index contributed by atoms with van der Waals surface area (Å²) in [5.74, 6) is 0. The lowest BCUT2D eigenvalue weighted by Gasteiger charge is -2.24. The quantitative estimate of drug-likeness (QED) is 0.870. The number of thiophene rings is 1. The highest BCUT2D eigenvalue weighted by Gasteiger charge is 2.15. The van der Waals surface area contributed by atoms with E-state index in [0.29, 0.717) is 12.1 Å². The molecule has 1 aliphatic rings. The first-order chi connectivity index (χ1) is 7.75. The summed E-state index contributed by atoms with van der Waals surface area (Å²) < 4.78 is 5.71. The summed E-state index contributed by atoms with van der Waals surface area (Å²) in [6.45, 7) is 6.32. The van der Waals surface area contributed by atoms with E-state index in [1.165, 1.54) is 29.0 Å². The molecule has 0 radical (unpaired) electrons. The van der Waals surface area contributed by atoms with Crippen molar-refractivity contribution >= 4 is 11.3 Å². The lowest BCUT2D eigenvalue weighted by molar-refractivity contribution is 0.0157. The van der Waals surface area contributed by atoms with Crippen molar-refractivity contribution in [3.8, 4) is 0 Å². The minimum atomic E-state index is 0.428. The van der Waals surface area contributed by atoms with Gasteiger partial charge in [-0.15, -0.1) is 11.3 Å². The Balaban J connectivity index is 1.76. The van der Waals surface area contributed by atoms with Crippen molar-refractivity contribution in [1.29, 1.82) is 0 Å². The molecule has 2 nitrogen and oxygen atoms in total. The number of nitrogens with one attached hydrogen (secondary N) is 1. The molecular formula is C13H21NOS. The zero-order chi connectivity index (χ0) is 11.4. The van der Waals surface area contributed by atoms with Crippen LogP contribution in [0.25, 0.3) is 0 Å². The molecule has 2 rings (SSSR count). The first kappa shape index (κ1) is 12.1. The van der Waals surface area contributed by atoms with Gasteiger partial charge in [-0.3, -0.25) is 0 Å². The predicted octanol–water partition coefficient (Wildman–Crippen LogP) is 3.28. The highest BCUT2D eigenvalue weighted by atomic mass is 32.1. The van der Waals surface area contributed by atoms with E-state index in [1.54, 1.807) is 0 Å². The molecule has 0 aliphatic carbocycles. The van der Waals surface area contributed by atoms with Gasteiger partial charge in [0.1, 0.15) is 0 Å². The Morgan fingerprint density at radius 3 is 3.00 bits per heavy atom. The summed E-state index contributed by atoms with van der Waals surface area (Å²) in [6.07, 6.45) is 4.19. The molecule has 1 aliphatic heterocycles. The molecule has 0 aromatic carbocycles. The van der Waals surface area contributed by atoms with Crippen molar-refractivity contribution in [2.24, 2.45) is 0 Å². The maximum atomic E-state index is 5.71. The van der Waals surface area contributed by atoms with Crippen molar-refractivity contribution in [3.63, 3.8) is 0 Å². The fourth-order valence-corrected chi connectivity index (χ4v) is 2.97. The second kappa shape index (κ2) is 5.80. The zero-order valence-electron chi connectivity index (χ0n) is 10.2. The van der Waals surface area contributed by atoms with Crippen LogP contribution in [0.2, 0.25) is 0 Å². The fraction of sp³-hybridized carbons (Fsp3) is 0.692. The van der Waals surface area contributed by atoms with Gasteiger partial charge in [0.25, 0.3) is 0 Å². The predicted molar refractivity (Wildman–Crippen MR) is 69.1 cm³/mol. The fourth-order valence-electron chi connectivity index (χ4n) is 2.06. The average Bonchev–Trinajstić information content (AvgIpc) is 2.74. The van der Waals surface area contributed by atoms with Crippen molar-refractivity contribution < 1.29 is 4.74 Å². The van der Waals surface area contributed by atoms with Gasteiger partial charge in [0, 0.05) is 28.9 Å². The van der Waals surface area contributed by atoms with Crippen LogP contribution in [0, 0.1) is 6.92 Å². The van der Waals surface area contributed by atoms with Crippen LogP contribution in [0.3, 0.4) is 0 Å². The second-order valence-corrected chi connectivity index (χ2v) is 5.89. The highest BCUT2D eigenvalue weighted by Crippen LogP contribution is 2.22. The topological polar surface area (TPSA) is 21.3 Å². The summed E-state index contributed by atoms with van der Waals surface area (Å²) in [5, 5.41) is 3.57. The van der Waals surface area contributed by atoms with Gasteiger partial charge >= 0.3 is 0 Å². The van der Waals surface area contributed by atoms with E-state index in [0.717, 1.165) is 13.2 Å². The van der Waals surface area contributed by atoms with Crippen LogP contribution < -0.4 is 5.32 Å². The van der Waals surface area contributed by atoms with E-state index in [-0.39, 0.29) is 0 Å². The monoisotopic (exact) mass is 239 g/mol.